The first kappa shape index (κ1) is 30.8. The number of aliphatic hydroxyl groups excluding tert-OH is 1. The van der Waals surface area contributed by atoms with Crippen molar-refractivity contribution in [2.75, 3.05) is 49.7 Å². The maximum Gasteiger partial charge on any atom is 0.338 e. The van der Waals surface area contributed by atoms with E-state index in [1.807, 2.05) is 11.9 Å². The third kappa shape index (κ3) is 6.04. The van der Waals surface area contributed by atoms with Gasteiger partial charge in [-0.3, -0.25) is 4.90 Å². The number of methoxy groups -OCH3 is 6. The number of piperidine rings is 1. The molecule has 1 N–H and O–H groups in total. The Morgan fingerprint density at radius 1 is 0.762 bits per heavy atom. The molecule has 2 heterocycles. The van der Waals surface area contributed by atoms with Crippen molar-refractivity contribution in [2.45, 2.75) is 43.2 Å². The predicted molar refractivity (Wildman–Crippen MR) is 151 cm³/mol. The van der Waals surface area contributed by atoms with E-state index in [0.717, 1.165) is 0 Å². The zero-order valence-electron chi connectivity index (χ0n) is 24.7. The van der Waals surface area contributed by atoms with E-state index in [1.54, 1.807) is 18.2 Å². The third-order valence-corrected chi connectivity index (χ3v) is 7.69. The van der Waals surface area contributed by atoms with Crippen LogP contribution in [0, 0.1) is 0 Å². The van der Waals surface area contributed by atoms with Gasteiger partial charge in [0.2, 0.25) is 11.5 Å². The van der Waals surface area contributed by atoms with Crippen molar-refractivity contribution >= 4 is 18.0 Å². The van der Waals surface area contributed by atoms with E-state index in [-0.39, 0.29) is 17.6 Å². The summed E-state index contributed by atoms with van der Waals surface area (Å²) >= 11 is 0. The van der Waals surface area contributed by atoms with E-state index < -0.39 is 30.3 Å². The first-order valence-corrected chi connectivity index (χ1v) is 13.3. The standard InChI is InChI=1S/C30H37NO11/c1-31-19-14-18(41-30(34)17-12-23(37-4)29(40-7)24(13-17)38-5)15-20(31)27(26(19)33)42-25(32)9-8-16-10-21(35-2)28(39-6)22(11-16)36-3/h8-13,18-20,26-27,33H,14-15H2,1-7H3/b9-8+/t18-,19-,20+,26-,27+/m0/s1. The van der Waals surface area contributed by atoms with Crippen molar-refractivity contribution in [3.8, 4) is 34.5 Å². The fourth-order valence-electron chi connectivity index (χ4n) is 5.60. The number of ether oxygens (including phenoxy) is 8. The summed E-state index contributed by atoms with van der Waals surface area (Å²) < 4.78 is 43.6. The molecule has 2 aliphatic heterocycles. The minimum absolute atomic E-state index is 0.233. The molecule has 0 aliphatic carbocycles. The number of benzene rings is 2. The van der Waals surface area contributed by atoms with E-state index >= 15 is 0 Å². The minimum atomic E-state index is -0.955. The summed E-state index contributed by atoms with van der Waals surface area (Å²) in [6, 6.07) is 5.72. The smallest absolute Gasteiger partial charge is 0.338 e. The lowest BCUT2D eigenvalue weighted by Crippen LogP contribution is -2.46. The lowest BCUT2D eigenvalue weighted by Gasteiger charge is -2.36. The molecular weight excluding hydrogens is 550 g/mol. The SMILES string of the molecule is COc1cc(/C=C/C(=O)O[C@H]2[C@@H](O)[C@@H]3C[C@H](OC(=O)c4cc(OC)c(OC)c(OC)c4)C[C@H]2N3C)cc(OC)c1OC. The van der Waals surface area contributed by atoms with Crippen LogP contribution >= 0.6 is 0 Å². The normalized spacial score (nSPS) is 23.3. The number of aliphatic hydroxyl groups is 1. The molecule has 4 rings (SSSR count). The van der Waals surface area contributed by atoms with Gasteiger partial charge in [0.25, 0.3) is 0 Å². The second-order valence-corrected chi connectivity index (χ2v) is 9.90. The molecule has 42 heavy (non-hydrogen) atoms. The second-order valence-electron chi connectivity index (χ2n) is 9.90. The molecule has 0 radical (unpaired) electrons. The minimum Gasteiger partial charge on any atom is -0.493 e. The van der Waals surface area contributed by atoms with Gasteiger partial charge in [-0.15, -0.1) is 0 Å². The highest BCUT2D eigenvalue weighted by molar-refractivity contribution is 5.91. The Bertz CT molecular complexity index is 1280. The number of hydrogen-bond donors (Lipinski definition) is 1. The van der Waals surface area contributed by atoms with Gasteiger partial charge in [-0.25, -0.2) is 9.59 Å². The molecule has 0 saturated carbocycles. The number of hydrogen-bond acceptors (Lipinski definition) is 12. The highest BCUT2D eigenvalue weighted by Gasteiger charge is 2.53. The molecule has 2 aliphatic rings. The summed E-state index contributed by atoms with van der Waals surface area (Å²) in [7, 11) is 10.8. The van der Waals surface area contributed by atoms with Crippen LogP contribution in [0.3, 0.4) is 0 Å². The summed E-state index contributed by atoms with van der Waals surface area (Å²) in [4.78, 5) is 27.9. The fraction of sp³-hybridized carbons (Fsp3) is 0.467. The van der Waals surface area contributed by atoms with Crippen molar-refractivity contribution < 1.29 is 52.6 Å². The van der Waals surface area contributed by atoms with Crippen molar-refractivity contribution in [3.63, 3.8) is 0 Å². The quantitative estimate of drug-likeness (QED) is 0.306. The molecular formula is C30H37NO11. The topological polar surface area (TPSA) is 131 Å². The van der Waals surface area contributed by atoms with E-state index in [2.05, 4.69) is 0 Å². The Balaban J connectivity index is 1.44. The van der Waals surface area contributed by atoms with Crippen LogP contribution in [-0.2, 0) is 14.3 Å². The monoisotopic (exact) mass is 587 g/mol. The van der Waals surface area contributed by atoms with Crippen molar-refractivity contribution in [2.24, 2.45) is 0 Å². The van der Waals surface area contributed by atoms with Crippen LogP contribution in [0.1, 0.15) is 28.8 Å². The Morgan fingerprint density at radius 2 is 1.26 bits per heavy atom. The van der Waals surface area contributed by atoms with Gasteiger partial charge < -0.3 is 43.0 Å². The zero-order valence-corrected chi connectivity index (χ0v) is 24.7. The van der Waals surface area contributed by atoms with E-state index in [9.17, 15) is 14.7 Å². The molecule has 0 aromatic heterocycles. The fourth-order valence-corrected chi connectivity index (χ4v) is 5.60. The molecule has 228 valence electrons. The summed E-state index contributed by atoms with van der Waals surface area (Å²) in [5.74, 6) is 1.14. The average molecular weight is 588 g/mol. The number of fused-ring (bicyclic) bond motifs is 2. The average Bonchev–Trinajstić information content (AvgIpc) is 3.12. The third-order valence-electron chi connectivity index (χ3n) is 7.69. The lowest BCUT2D eigenvalue weighted by atomic mass is 10.00. The summed E-state index contributed by atoms with van der Waals surface area (Å²) in [5, 5.41) is 11.0. The highest BCUT2D eigenvalue weighted by Crippen LogP contribution is 2.41. The van der Waals surface area contributed by atoms with Crippen LogP contribution in [0.25, 0.3) is 6.08 Å². The Morgan fingerprint density at radius 3 is 1.76 bits per heavy atom. The number of carbonyl (C=O) groups is 2. The molecule has 0 unspecified atom stereocenters. The van der Waals surface area contributed by atoms with Gasteiger partial charge in [0.15, 0.2) is 23.0 Å². The summed E-state index contributed by atoms with van der Waals surface area (Å²) in [6.07, 6.45) is 1.32. The van der Waals surface area contributed by atoms with Crippen LogP contribution in [0.15, 0.2) is 30.3 Å². The van der Waals surface area contributed by atoms with E-state index in [4.69, 9.17) is 37.9 Å². The lowest BCUT2D eigenvalue weighted by molar-refractivity contribution is -0.148. The number of carbonyl (C=O) groups excluding carboxylic acids is 2. The number of likely N-dealkylation sites (N-methyl/N-ethyl adjacent to an activating group) is 1. The summed E-state index contributed by atoms with van der Waals surface area (Å²) in [5.41, 5.74) is 0.860. The number of nitrogens with zero attached hydrogens (tertiary/aromatic N) is 1. The molecule has 2 aromatic rings. The van der Waals surface area contributed by atoms with E-state index in [1.165, 1.54) is 60.9 Å². The Hall–Kier alpha value is -4.16. The molecule has 2 saturated heterocycles. The van der Waals surface area contributed by atoms with Crippen LogP contribution in [0.4, 0.5) is 0 Å². The van der Waals surface area contributed by atoms with E-state index in [0.29, 0.717) is 52.9 Å². The van der Waals surface area contributed by atoms with Crippen LogP contribution in [0.5, 0.6) is 34.5 Å². The molecule has 12 nitrogen and oxygen atoms in total. The first-order valence-electron chi connectivity index (χ1n) is 13.3. The van der Waals surface area contributed by atoms with Gasteiger partial charge in [0.05, 0.1) is 54.3 Å². The molecule has 12 heteroatoms. The Labute approximate surface area is 244 Å². The molecule has 0 spiro atoms. The maximum absolute atomic E-state index is 13.1. The maximum atomic E-state index is 13.1. The molecule has 0 amide bonds. The van der Waals surface area contributed by atoms with Gasteiger partial charge in [-0.05, 0) is 43.0 Å². The predicted octanol–water partition coefficient (Wildman–Crippen LogP) is 2.73. The second kappa shape index (κ2) is 13.2. The van der Waals surface area contributed by atoms with Gasteiger partial charge in [0, 0.05) is 25.0 Å². The zero-order chi connectivity index (χ0) is 30.6. The first-order chi connectivity index (χ1) is 20.2. The van der Waals surface area contributed by atoms with Crippen molar-refractivity contribution in [1.82, 2.24) is 4.90 Å². The number of rotatable bonds is 11. The van der Waals surface area contributed by atoms with Crippen LogP contribution in [0.2, 0.25) is 0 Å². The van der Waals surface area contributed by atoms with Gasteiger partial charge >= 0.3 is 11.9 Å². The van der Waals surface area contributed by atoms with Crippen molar-refractivity contribution in [3.05, 3.63) is 41.5 Å². The van der Waals surface area contributed by atoms with Crippen LogP contribution < -0.4 is 28.4 Å². The molecule has 2 aromatic carbocycles. The van der Waals surface area contributed by atoms with Gasteiger partial charge in [0.1, 0.15) is 18.3 Å². The van der Waals surface area contributed by atoms with Crippen LogP contribution in [-0.4, -0.2) is 102 Å². The van der Waals surface area contributed by atoms with Gasteiger partial charge in [-0.2, -0.15) is 0 Å². The highest BCUT2D eigenvalue weighted by atomic mass is 16.6. The Kier molecular flexibility index (Phi) is 9.69. The molecule has 2 bridgehead atoms. The number of esters is 2. The molecule has 5 atom stereocenters. The van der Waals surface area contributed by atoms with Gasteiger partial charge in [-0.1, -0.05) is 0 Å². The molecule has 2 fully saturated rings. The largest absolute Gasteiger partial charge is 0.493 e. The summed E-state index contributed by atoms with van der Waals surface area (Å²) in [6.45, 7) is 0. The van der Waals surface area contributed by atoms with Crippen molar-refractivity contribution in [1.29, 1.82) is 0 Å².